The number of aromatic amines is 1. The molecule has 1 atom stereocenters. The molecular weight excluding hydrogens is 254 g/mol. The number of nitrogens with one attached hydrogen (secondary N) is 3. The van der Waals surface area contributed by atoms with Gasteiger partial charge in [0.05, 0.1) is 6.54 Å². The van der Waals surface area contributed by atoms with Crippen LogP contribution in [0.25, 0.3) is 0 Å². The van der Waals surface area contributed by atoms with Crippen molar-refractivity contribution in [3.05, 3.63) is 33.7 Å². The average molecular weight is 277 g/mol. The minimum atomic E-state index is -0.0564. The van der Waals surface area contributed by atoms with E-state index in [1.807, 2.05) is 6.07 Å². The first kappa shape index (κ1) is 14.8. The zero-order chi connectivity index (χ0) is 14.5. The maximum absolute atomic E-state index is 11.7. The molecule has 1 aromatic heterocycles. The molecule has 0 radical (unpaired) electrons. The van der Waals surface area contributed by atoms with Gasteiger partial charge in [-0.15, -0.1) is 0 Å². The van der Waals surface area contributed by atoms with Crippen LogP contribution in [0.1, 0.15) is 44.0 Å². The minimum Gasteiger partial charge on any atom is -0.355 e. The zero-order valence-electron chi connectivity index (χ0n) is 12.2. The third kappa shape index (κ3) is 3.93. The van der Waals surface area contributed by atoms with Crippen molar-refractivity contribution in [2.24, 2.45) is 5.92 Å². The average Bonchev–Trinajstić information content (AvgIpc) is 2.42. The van der Waals surface area contributed by atoms with Crippen molar-refractivity contribution in [3.8, 4) is 0 Å². The molecule has 5 heteroatoms. The van der Waals surface area contributed by atoms with E-state index in [1.54, 1.807) is 6.07 Å². The summed E-state index contributed by atoms with van der Waals surface area (Å²) in [6, 6.07) is 3.58. The first-order chi connectivity index (χ1) is 9.56. The fourth-order valence-corrected chi connectivity index (χ4v) is 2.51. The molecule has 1 heterocycles. The molecule has 1 amide bonds. The summed E-state index contributed by atoms with van der Waals surface area (Å²) < 4.78 is 0. The van der Waals surface area contributed by atoms with E-state index in [1.165, 1.54) is 0 Å². The molecule has 2 rings (SSSR count). The Morgan fingerprint density at radius 2 is 2.25 bits per heavy atom. The van der Waals surface area contributed by atoms with Gasteiger partial charge in [0.2, 0.25) is 11.5 Å². The Balaban J connectivity index is 1.92. The predicted molar refractivity (Wildman–Crippen MR) is 78.6 cm³/mol. The summed E-state index contributed by atoms with van der Waals surface area (Å²) in [6.45, 7) is 5.16. The molecular formula is C15H23N3O2. The summed E-state index contributed by atoms with van der Waals surface area (Å²) in [5.41, 5.74) is 2.07. The van der Waals surface area contributed by atoms with Gasteiger partial charge < -0.3 is 15.6 Å². The number of hydrogen-bond acceptors (Lipinski definition) is 3. The van der Waals surface area contributed by atoms with E-state index < -0.39 is 0 Å². The van der Waals surface area contributed by atoms with Crippen LogP contribution < -0.4 is 16.2 Å². The molecule has 0 saturated carbocycles. The van der Waals surface area contributed by atoms with E-state index in [2.05, 4.69) is 29.5 Å². The molecule has 0 spiro atoms. The van der Waals surface area contributed by atoms with Crippen LogP contribution in [0.5, 0.6) is 0 Å². The smallest absolute Gasteiger partial charge is 0.248 e. The van der Waals surface area contributed by atoms with Gasteiger partial charge in [-0.2, -0.15) is 0 Å². The van der Waals surface area contributed by atoms with Crippen LogP contribution in [0.2, 0.25) is 0 Å². The van der Waals surface area contributed by atoms with Crippen LogP contribution in [0.4, 0.5) is 0 Å². The highest BCUT2D eigenvalue weighted by Crippen LogP contribution is 2.27. The number of aryl methyl sites for hydroxylation is 1. The van der Waals surface area contributed by atoms with Gasteiger partial charge in [0.25, 0.3) is 0 Å². The summed E-state index contributed by atoms with van der Waals surface area (Å²) in [5, 5.41) is 6.18. The van der Waals surface area contributed by atoms with E-state index in [9.17, 15) is 9.59 Å². The fourth-order valence-electron chi connectivity index (χ4n) is 2.51. The van der Waals surface area contributed by atoms with Crippen LogP contribution in [-0.4, -0.2) is 24.0 Å². The molecule has 1 aliphatic rings. The molecule has 3 N–H and O–H groups in total. The molecule has 0 fully saturated rings. The van der Waals surface area contributed by atoms with Crippen molar-refractivity contribution in [3.63, 3.8) is 0 Å². The monoisotopic (exact) mass is 277 g/mol. The largest absolute Gasteiger partial charge is 0.355 e. The van der Waals surface area contributed by atoms with Gasteiger partial charge in [-0.1, -0.05) is 19.9 Å². The number of pyridine rings is 1. The van der Waals surface area contributed by atoms with E-state index in [-0.39, 0.29) is 17.5 Å². The molecule has 0 aromatic carbocycles. The number of carbonyl (C=O) groups is 1. The van der Waals surface area contributed by atoms with Crippen molar-refractivity contribution in [1.29, 1.82) is 0 Å². The Morgan fingerprint density at radius 3 is 3.00 bits per heavy atom. The molecule has 0 bridgehead atoms. The third-order valence-corrected chi connectivity index (χ3v) is 3.55. The second kappa shape index (κ2) is 6.70. The van der Waals surface area contributed by atoms with Gasteiger partial charge in [-0.25, -0.2) is 0 Å². The van der Waals surface area contributed by atoms with Gasteiger partial charge in [0.1, 0.15) is 0 Å². The molecule has 0 saturated heterocycles. The van der Waals surface area contributed by atoms with Crippen LogP contribution in [0, 0.1) is 5.92 Å². The SMILES string of the molecule is CC(C)CNC(=O)CNC1CCCc2[nH]c(=O)ccc21. The lowest BCUT2D eigenvalue weighted by atomic mass is 9.91. The van der Waals surface area contributed by atoms with Crippen LogP contribution in [-0.2, 0) is 11.2 Å². The Morgan fingerprint density at radius 1 is 1.45 bits per heavy atom. The van der Waals surface area contributed by atoms with Gasteiger partial charge in [-0.05, 0) is 30.7 Å². The molecule has 110 valence electrons. The lowest BCUT2D eigenvalue weighted by Crippen LogP contribution is -2.38. The first-order valence-electron chi connectivity index (χ1n) is 7.28. The molecule has 1 aromatic rings. The van der Waals surface area contributed by atoms with E-state index in [4.69, 9.17) is 0 Å². The number of hydrogen-bond donors (Lipinski definition) is 3. The number of amides is 1. The number of aromatic nitrogens is 1. The Hall–Kier alpha value is -1.62. The first-order valence-corrected chi connectivity index (χ1v) is 7.28. The molecule has 20 heavy (non-hydrogen) atoms. The van der Waals surface area contributed by atoms with Gasteiger partial charge in [0.15, 0.2) is 0 Å². The second-order valence-electron chi connectivity index (χ2n) is 5.78. The number of H-pyrrole nitrogens is 1. The van der Waals surface area contributed by atoms with Crippen molar-refractivity contribution >= 4 is 5.91 Å². The Labute approximate surface area is 119 Å². The summed E-state index contributed by atoms with van der Waals surface area (Å²) in [6.07, 6.45) is 2.93. The second-order valence-corrected chi connectivity index (χ2v) is 5.78. The maximum atomic E-state index is 11.7. The summed E-state index contributed by atoms with van der Waals surface area (Å²) in [5.74, 6) is 0.481. The molecule has 1 unspecified atom stereocenters. The highest BCUT2D eigenvalue weighted by atomic mass is 16.2. The van der Waals surface area contributed by atoms with Crippen molar-refractivity contribution in [1.82, 2.24) is 15.6 Å². The van der Waals surface area contributed by atoms with Gasteiger partial charge in [-0.3, -0.25) is 9.59 Å². The topological polar surface area (TPSA) is 74.0 Å². The Kier molecular flexibility index (Phi) is 4.95. The summed E-state index contributed by atoms with van der Waals surface area (Å²) >= 11 is 0. The molecule has 1 aliphatic carbocycles. The van der Waals surface area contributed by atoms with Crippen LogP contribution >= 0.6 is 0 Å². The van der Waals surface area contributed by atoms with E-state index in [0.29, 0.717) is 19.0 Å². The normalized spacial score (nSPS) is 17.9. The van der Waals surface area contributed by atoms with Crippen molar-refractivity contribution < 1.29 is 4.79 Å². The van der Waals surface area contributed by atoms with E-state index >= 15 is 0 Å². The number of carbonyl (C=O) groups excluding carboxylic acids is 1. The number of rotatable bonds is 5. The highest BCUT2D eigenvalue weighted by Gasteiger charge is 2.20. The lowest BCUT2D eigenvalue weighted by molar-refractivity contribution is -0.120. The highest BCUT2D eigenvalue weighted by molar-refractivity contribution is 5.78. The minimum absolute atomic E-state index is 0.0234. The van der Waals surface area contributed by atoms with Crippen molar-refractivity contribution in [2.75, 3.05) is 13.1 Å². The molecule has 0 aliphatic heterocycles. The van der Waals surface area contributed by atoms with Gasteiger partial charge >= 0.3 is 0 Å². The fraction of sp³-hybridized carbons (Fsp3) is 0.600. The third-order valence-electron chi connectivity index (χ3n) is 3.55. The van der Waals surface area contributed by atoms with Crippen LogP contribution in [0.3, 0.4) is 0 Å². The quantitative estimate of drug-likeness (QED) is 0.755. The standard InChI is InChI=1S/C15H23N3O2/c1-10(2)8-17-15(20)9-16-12-4-3-5-13-11(12)6-7-14(19)18-13/h6-7,10,12,16H,3-5,8-9H2,1-2H3,(H,17,20)(H,18,19). The number of fused-ring (bicyclic) bond motifs is 1. The van der Waals surface area contributed by atoms with Crippen LogP contribution in [0.15, 0.2) is 16.9 Å². The summed E-state index contributed by atoms with van der Waals surface area (Å²) in [4.78, 5) is 25.9. The summed E-state index contributed by atoms with van der Waals surface area (Å²) in [7, 11) is 0. The maximum Gasteiger partial charge on any atom is 0.248 e. The zero-order valence-corrected chi connectivity index (χ0v) is 12.2. The predicted octanol–water partition coefficient (Wildman–Crippen LogP) is 1.11. The van der Waals surface area contributed by atoms with E-state index in [0.717, 1.165) is 30.5 Å². The molecule has 5 nitrogen and oxygen atoms in total. The lowest BCUT2D eigenvalue weighted by Gasteiger charge is -2.25. The van der Waals surface area contributed by atoms with Gasteiger partial charge in [0, 0.05) is 24.3 Å². The van der Waals surface area contributed by atoms with Crippen molar-refractivity contribution in [2.45, 2.75) is 39.2 Å². The Bertz CT molecular complexity index is 522.